The molecule has 5 nitrogen and oxygen atoms in total. The van der Waals surface area contributed by atoms with Gasteiger partial charge in [-0.15, -0.1) is 0 Å². The molecule has 24 heavy (non-hydrogen) atoms. The second-order valence-corrected chi connectivity index (χ2v) is 6.40. The number of halogens is 2. The van der Waals surface area contributed by atoms with E-state index in [0.717, 1.165) is 13.1 Å². The maximum absolute atomic E-state index is 12.6. The normalized spacial score (nSPS) is 24.5. The second kappa shape index (κ2) is 7.34. The van der Waals surface area contributed by atoms with Gasteiger partial charge in [-0.25, -0.2) is 0 Å². The van der Waals surface area contributed by atoms with Crippen LogP contribution in [-0.2, 0) is 4.79 Å². The maximum atomic E-state index is 12.6. The predicted octanol–water partition coefficient (Wildman–Crippen LogP) is 1.79. The second-order valence-electron chi connectivity index (χ2n) is 6.40. The van der Waals surface area contributed by atoms with Gasteiger partial charge < -0.3 is 19.9 Å². The highest BCUT2D eigenvalue weighted by Gasteiger charge is 2.34. The van der Waals surface area contributed by atoms with Crippen LogP contribution in [0.5, 0.6) is 5.75 Å². The first-order valence-electron chi connectivity index (χ1n) is 8.34. The van der Waals surface area contributed by atoms with Crippen LogP contribution in [0.3, 0.4) is 0 Å². The lowest BCUT2D eigenvalue weighted by Crippen LogP contribution is -2.51. The predicted molar refractivity (Wildman–Crippen MR) is 87.4 cm³/mol. The van der Waals surface area contributed by atoms with E-state index in [1.54, 1.807) is 24.3 Å². The van der Waals surface area contributed by atoms with E-state index >= 15 is 0 Å². The van der Waals surface area contributed by atoms with Crippen LogP contribution in [0.2, 0.25) is 0 Å². The fourth-order valence-electron chi connectivity index (χ4n) is 3.46. The molecule has 2 atom stereocenters. The van der Waals surface area contributed by atoms with Crippen LogP contribution in [0, 0.1) is 11.8 Å². The molecule has 2 aliphatic heterocycles. The van der Waals surface area contributed by atoms with Crippen molar-refractivity contribution in [3.05, 3.63) is 24.3 Å². The number of benzene rings is 1. The summed E-state index contributed by atoms with van der Waals surface area (Å²) in [6.07, 6.45) is 0. The molecular weight excluding hydrogens is 316 g/mol. The number of rotatable bonds is 4. The molecule has 0 unspecified atom stereocenters. The van der Waals surface area contributed by atoms with Crippen LogP contribution in [0.1, 0.15) is 6.92 Å². The van der Waals surface area contributed by atoms with Crippen molar-refractivity contribution < 1.29 is 18.3 Å². The van der Waals surface area contributed by atoms with Crippen molar-refractivity contribution in [2.24, 2.45) is 11.8 Å². The lowest BCUT2D eigenvalue weighted by Gasteiger charge is -2.38. The van der Waals surface area contributed by atoms with Gasteiger partial charge in [0.05, 0.1) is 11.6 Å². The highest BCUT2D eigenvalue weighted by atomic mass is 19.3. The smallest absolute Gasteiger partial charge is 0.387 e. The van der Waals surface area contributed by atoms with E-state index in [9.17, 15) is 13.6 Å². The van der Waals surface area contributed by atoms with Crippen molar-refractivity contribution in [2.75, 3.05) is 44.2 Å². The fraction of sp³-hybridized carbons (Fsp3) is 0.588. The average Bonchev–Trinajstić information content (AvgIpc) is 3.00. The van der Waals surface area contributed by atoms with E-state index in [-0.39, 0.29) is 17.6 Å². The number of nitrogens with zero attached hydrogens (tertiary/aromatic N) is 2. The number of alkyl halides is 2. The SMILES string of the molecule is C[C@@H]1CNC[C@H]1C(=O)N1CCN(c2ccccc2OC(F)F)CC1. The molecule has 2 fully saturated rings. The summed E-state index contributed by atoms with van der Waals surface area (Å²) >= 11 is 0. The molecule has 0 saturated carbocycles. The van der Waals surface area contributed by atoms with Gasteiger partial charge in [0.25, 0.3) is 0 Å². The Kier molecular flexibility index (Phi) is 5.18. The first kappa shape index (κ1) is 17.0. The quantitative estimate of drug-likeness (QED) is 0.908. The molecule has 2 aliphatic rings. The Morgan fingerprint density at radius 2 is 1.92 bits per heavy atom. The third-order valence-corrected chi connectivity index (χ3v) is 4.85. The number of piperazine rings is 1. The maximum Gasteiger partial charge on any atom is 0.387 e. The number of anilines is 1. The molecule has 0 bridgehead atoms. The first-order chi connectivity index (χ1) is 11.6. The van der Waals surface area contributed by atoms with Crippen LogP contribution < -0.4 is 15.0 Å². The Morgan fingerprint density at radius 3 is 2.54 bits per heavy atom. The number of hydrogen-bond donors (Lipinski definition) is 1. The van der Waals surface area contributed by atoms with Gasteiger partial charge in [-0.1, -0.05) is 19.1 Å². The minimum atomic E-state index is -2.84. The Balaban J connectivity index is 1.62. The number of para-hydroxylation sites is 2. The molecule has 2 heterocycles. The summed E-state index contributed by atoms with van der Waals surface area (Å²) in [6, 6.07) is 6.80. The zero-order chi connectivity index (χ0) is 17.1. The van der Waals surface area contributed by atoms with Crippen LogP contribution in [0.4, 0.5) is 14.5 Å². The number of nitrogens with one attached hydrogen (secondary N) is 1. The van der Waals surface area contributed by atoms with Gasteiger partial charge in [0, 0.05) is 32.7 Å². The van der Waals surface area contributed by atoms with E-state index in [1.165, 1.54) is 0 Å². The number of hydrogen-bond acceptors (Lipinski definition) is 4. The Bertz CT molecular complexity index is 577. The van der Waals surface area contributed by atoms with E-state index < -0.39 is 6.61 Å². The summed E-state index contributed by atoms with van der Waals surface area (Å²) in [4.78, 5) is 16.5. The average molecular weight is 339 g/mol. The molecule has 132 valence electrons. The molecule has 1 amide bonds. The topological polar surface area (TPSA) is 44.8 Å². The van der Waals surface area contributed by atoms with E-state index in [2.05, 4.69) is 17.0 Å². The molecular formula is C17H23F2N3O2. The Labute approximate surface area is 140 Å². The van der Waals surface area contributed by atoms with Crippen LogP contribution in [-0.4, -0.2) is 56.7 Å². The first-order valence-corrected chi connectivity index (χ1v) is 8.34. The van der Waals surface area contributed by atoms with Crippen molar-refractivity contribution in [3.8, 4) is 5.75 Å². The zero-order valence-corrected chi connectivity index (χ0v) is 13.8. The van der Waals surface area contributed by atoms with Crippen LogP contribution >= 0.6 is 0 Å². The summed E-state index contributed by atoms with van der Waals surface area (Å²) in [5.41, 5.74) is 0.654. The van der Waals surface area contributed by atoms with Crippen molar-refractivity contribution in [2.45, 2.75) is 13.5 Å². The van der Waals surface area contributed by atoms with Crippen molar-refractivity contribution in [3.63, 3.8) is 0 Å². The largest absolute Gasteiger partial charge is 0.433 e. The summed E-state index contributed by atoms with van der Waals surface area (Å²) in [6.45, 7) is 3.31. The molecule has 2 saturated heterocycles. The summed E-state index contributed by atoms with van der Waals surface area (Å²) in [5, 5.41) is 3.26. The molecule has 1 N–H and O–H groups in total. The van der Waals surface area contributed by atoms with Gasteiger partial charge in [0.15, 0.2) is 0 Å². The highest BCUT2D eigenvalue weighted by molar-refractivity contribution is 5.80. The lowest BCUT2D eigenvalue weighted by molar-refractivity contribution is -0.136. The zero-order valence-electron chi connectivity index (χ0n) is 13.8. The van der Waals surface area contributed by atoms with Crippen LogP contribution in [0.25, 0.3) is 0 Å². The third kappa shape index (κ3) is 3.61. The standard InChI is InChI=1S/C17H23F2N3O2/c1-12-10-20-11-13(12)16(23)22-8-6-21(7-9-22)14-4-2-3-5-15(14)24-17(18)19/h2-5,12-13,17,20H,6-11H2,1H3/t12-,13-/m1/s1. The fourth-order valence-corrected chi connectivity index (χ4v) is 3.46. The third-order valence-electron chi connectivity index (χ3n) is 4.85. The van der Waals surface area contributed by atoms with Gasteiger partial charge >= 0.3 is 6.61 Å². The van der Waals surface area contributed by atoms with E-state index in [4.69, 9.17) is 0 Å². The van der Waals surface area contributed by atoms with Gasteiger partial charge in [-0.2, -0.15) is 8.78 Å². The van der Waals surface area contributed by atoms with Gasteiger partial charge in [-0.3, -0.25) is 4.79 Å². The number of amides is 1. The molecule has 1 aromatic carbocycles. The Morgan fingerprint density at radius 1 is 1.21 bits per heavy atom. The highest BCUT2D eigenvalue weighted by Crippen LogP contribution is 2.30. The molecule has 0 aliphatic carbocycles. The van der Waals surface area contributed by atoms with Crippen molar-refractivity contribution in [1.82, 2.24) is 10.2 Å². The van der Waals surface area contributed by atoms with Gasteiger partial charge in [0.1, 0.15) is 5.75 Å². The number of carbonyl (C=O) groups excluding carboxylic acids is 1. The molecule has 3 rings (SSSR count). The Hall–Kier alpha value is -1.89. The molecule has 1 aromatic rings. The minimum Gasteiger partial charge on any atom is -0.433 e. The molecule has 0 aromatic heterocycles. The lowest BCUT2D eigenvalue weighted by atomic mass is 9.96. The van der Waals surface area contributed by atoms with Crippen molar-refractivity contribution in [1.29, 1.82) is 0 Å². The van der Waals surface area contributed by atoms with Gasteiger partial charge in [0.2, 0.25) is 5.91 Å². The summed E-state index contributed by atoms with van der Waals surface area (Å²) in [7, 11) is 0. The monoisotopic (exact) mass is 339 g/mol. The molecule has 7 heteroatoms. The van der Waals surface area contributed by atoms with Crippen molar-refractivity contribution >= 4 is 11.6 Å². The molecule has 0 spiro atoms. The number of carbonyl (C=O) groups is 1. The van der Waals surface area contributed by atoms with Gasteiger partial charge in [-0.05, 0) is 24.6 Å². The molecule has 0 radical (unpaired) electrons. The van der Waals surface area contributed by atoms with E-state index in [1.807, 2.05) is 9.80 Å². The summed E-state index contributed by atoms with van der Waals surface area (Å²) < 4.78 is 29.7. The summed E-state index contributed by atoms with van der Waals surface area (Å²) in [5.74, 6) is 0.784. The minimum absolute atomic E-state index is 0.0472. The number of ether oxygens (including phenoxy) is 1. The van der Waals surface area contributed by atoms with Crippen LogP contribution in [0.15, 0.2) is 24.3 Å². The van der Waals surface area contributed by atoms with E-state index in [0.29, 0.717) is 37.8 Å².